The van der Waals surface area contributed by atoms with Crippen LogP contribution < -0.4 is 10.2 Å². The summed E-state index contributed by atoms with van der Waals surface area (Å²) in [4.78, 5) is 40.7. The van der Waals surface area contributed by atoms with E-state index in [1.807, 2.05) is 37.3 Å². The number of nitrogens with one attached hydrogen (secondary N) is 1. The minimum Gasteiger partial charge on any atom is -0.337 e. The van der Waals surface area contributed by atoms with Crippen LogP contribution >= 0.6 is 0 Å². The maximum absolute atomic E-state index is 13.2. The van der Waals surface area contributed by atoms with Gasteiger partial charge in [0.1, 0.15) is 17.9 Å². The number of carbonyl (C=O) groups excluding carboxylic acids is 2. The zero-order chi connectivity index (χ0) is 22.4. The van der Waals surface area contributed by atoms with Crippen LogP contribution in [0.4, 0.5) is 5.82 Å². The Morgan fingerprint density at radius 3 is 2.75 bits per heavy atom. The lowest BCUT2D eigenvalue weighted by molar-refractivity contribution is -0.120. The van der Waals surface area contributed by atoms with Gasteiger partial charge in [-0.15, -0.1) is 0 Å². The molecule has 3 heterocycles. The van der Waals surface area contributed by atoms with Crippen molar-refractivity contribution in [2.24, 2.45) is 5.92 Å². The first kappa shape index (κ1) is 19.8. The minimum atomic E-state index is -0.706. The van der Waals surface area contributed by atoms with E-state index in [1.54, 1.807) is 19.3 Å². The molecule has 0 bridgehead atoms. The van der Waals surface area contributed by atoms with E-state index in [-0.39, 0.29) is 23.6 Å². The Morgan fingerprint density at radius 1 is 1.22 bits per heavy atom. The average molecular weight is 424 g/mol. The molecule has 1 saturated carbocycles. The number of fused-ring (bicyclic) bond motifs is 3. The molecule has 0 saturated heterocycles. The molecule has 1 aliphatic heterocycles. The van der Waals surface area contributed by atoms with Gasteiger partial charge in [-0.2, -0.15) is 5.26 Å². The fourth-order valence-corrected chi connectivity index (χ4v) is 4.34. The Kier molecular flexibility index (Phi) is 4.67. The number of anilines is 1. The van der Waals surface area contributed by atoms with Crippen LogP contribution in [-0.2, 0) is 4.79 Å². The van der Waals surface area contributed by atoms with Crippen molar-refractivity contribution >= 4 is 17.6 Å². The van der Waals surface area contributed by atoms with E-state index in [0.717, 1.165) is 23.1 Å². The molecule has 8 nitrogen and oxygen atoms in total. The number of aromatic nitrogens is 3. The number of aryl methyl sites for hydroxylation is 1. The number of benzene rings is 1. The number of hydrogen-bond acceptors (Lipinski definition) is 6. The van der Waals surface area contributed by atoms with Crippen LogP contribution in [-0.4, -0.2) is 39.9 Å². The van der Waals surface area contributed by atoms with Crippen molar-refractivity contribution in [2.45, 2.75) is 25.3 Å². The first-order valence-electron chi connectivity index (χ1n) is 10.4. The van der Waals surface area contributed by atoms with Gasteiger partial charge in [0.05, 0.1) is 11.3 Å². The summed E-state index contributed by atoms with van der Waals surface area (Å²) in [6, 6.07) is 12.8. The van der Waals surface area contributed by atoms with Crippen LogP contribution in [0.25, 0.3) is 11.3 Å². The van der Waals surface area contributed by atoms with Gasteiger partial charge < -0.3 is 5.32 Å². The molecular formula is C24H20N6O2. The monoisotopic (exact) mass is 424 g/mol. The molecule has 8 heteroatoms. The molecule has 2 aliphatic rings. The van der Waals surface area contributed by atoms with Gasteiger partial charge in [-0.05, 0) is 42.4 Å². The topological polar surface area (TPSA) is 112 Å². The molecule has 1 N–H and O–H groups in total. The van der Waals surface area contributed by atoms with Crippen LogP contribution in [0.3, 0.4) is 0 Å². The average Bonchev–Trinajstić information content (AvgIpc) is 3.62. The van der Waals surface area contributed by atoms with Crippen LogP contribution in [0.2, 0.25) is 0 Å². The Bertz CT molecular complexity index is 1280. The second-order valence-corrected chi connectivity index (χ2v) is 8.19. The van der Waals surface area contributed by atoms with E-state index in [0.29, 0.717) is 17.1 Å². The van der Waals surface area contributed by atoms with E-state index in [9.17, 15) is 14.9 Å². The van der Waals surface area contributed by atoms with Crippen molar-refractivity contribution in [3.8, 4) is 17.3 Å². The summed E-state index contributed by atoms with van der Waals surface area (Å²) < 4.78 is 0. The SMILES string of the molecule is Cc1cnc(C(=O)N[C@@H]2C(=O)N(C)c3ncc(C#N)cc3[C@@H]3C[C@H]23)nc1-c1ccccc1. The predicted octanol–water partition coefficient (Wildman–Crippen LogP) is 2.60. The standard InChI is InChI=1S/C24H20N6O2/c1-13-11-26-21(28-19(13)15-6-4-3-5-7-15)23(31)29-20-17-9-16(17)18-8-14(10-25)12-27-22(18)30(2)24(20)32/h3-8,11-12,16-17,20H,9H2,1-2H3,(H,29,31)/t16-,17+,20+/m1/s1. The molecule has 3 aromatic rings. The van der Waals surface area contributed by atoms with Crippen LogP contribution in [0.5, 0.6) is 0 Å². The maximum atomic E-state index is 13.2. The van der Waals surface area contributed by atoms with Gasteiger partial charge in [0.25, 0.3) is 11.8 Å². The minimum absolute atomic E-state index is 0.0220. The smallest absolute Gasteiger partial charge is 0.289 e. The van der Waals surface area contributed by atoms with E-state index in [1.165, 1.54) is 11.1 Å². The molecule has 2 amide bonds. The Balaban J connectivity index is 1.42. The zero-order valence-electron chi connectivity index (χ0n) is 17.6. The van der Waals surface area contributed by atoms with Gasteiger partial charge in [0, 0.05) is 25.0 Å². The normalized spacial score (nSPS) is 21.1. The number of rotatable bonds is 3. The quantitative estimate of drug-likeness (QED) is 0.692. The lowest BCUT2D eigenvalue weighted by Crippen LogP contribution is -2.49. The molecule has 0 radical (unpaired) electrons. The highest BCUT2D eigenvalue weighted by atomic mass is 16.2. The van der Waals surface area contributed by atoms with Crippen molar-refractivity contribution in [1.29, 1.82) is 5.26 Å². The maximum Gasteiger partial charge on any atom is 0.289 e. The van der Waals surface area contributed by atoms with Crippen molar-refractivity contribution in [3.63, 3.8) is 0 Å². The molecule has 1 aliphatic carbocycles. The zero-order valence-corrected chi connectivity index (χ0v) is 17.6. The van der Waals surface area contributed by atoms with Gasteiger partial charge in [-0.1, -0.05) is 30.3 Å². The van der Waals surface area contributed by atoms with E-state index in [4.69, 9.17) is 0 Å². The first-order valence-corrected chi connectivity index (χ1v) is 10.4. The largest absolute Gasteiger partial charge is 0.337 e. The van der Waals surface area contributed by atoms with Crippen LogP contribution in [0.1, 0.15) is 39.6 Å². The molecule has 3 atom stereocenters. The number of nitriles is 1. The second-order valence-electron chi connectivity index (χ2n) is 8.19. The summed E-state index contributed by atoms with van der Waals surface area (Å²) in [5.74, 6) is -0.146. The Hall–Kier alpha value is -4.12. The summed E-state index contributed by atoms with van der Waals surface area (Å²) in [6.07, 6.45) is 3.83. The van der Waals surface area contributed by atoms with Gasteiger partial charge >= 0.3 is 0 Å². The molecule has 5 rings (SSSR count). The highest BCUT2D eigenvalue weighted by molar-refractivity contribution is 6.02. The first-order chi connectivity index (χ1) is 15.5. The predicted molar refractivity (Wildman–Crippen MR) is 117 cm³/mol. The molecule has 2 aromatic heterocycles. The third-order valence-electron chi connectivity index (χ3n) is 6.11. The van der Waals surface area contributed by atoms with Crippen LogP contribution in [0, 0.1) is 24.2 Å². The Labute approximate surface area is 185 Å². The van der Waals surface area contributed by atoms with Gasteiger partial charge in [-0.3, -0.25) is 14.5 Å². The van der Waals surface area contributed by atoms with Gasteiger partial charge in [0.2, 0.25) is 5.82 Å². The summed E-state index contributed by atoms with van der Waals surface area (Å²) in [5.41, 5.74) is 3.76. The summed E-state index contributed by atoms with van der Waals surface area (Å²) in [6.45, 7) is 1.89. The summed E-state index contributed by atoms with van der Waals surface area (Å²) in [5, 5.41) is 12.1. The van der Waals surface area contributed by atoms with E-state index >= 15 is 0 Å². The molecule has 0 unspecified atom stereocenters. The van der Waals surface area contributed by atoms with Crippen molar-refractivity contribution in [2.75, 3.05) is 11.9 Å². The number of nitrogens with zero attached hydrogens (tertiary/aromatic N) is 5. The van der Waals surface area contributed by atoms with Crippen LogP contribution in [0.15, 0.2) is 48.8 Å². The number of likely N-dealkylation sites (N-methyl/N-ethyl adjacent to an activating group) is 1. The summed E-state index contributed by atoms with van der Waals surface area (Å²) >= 11 is 0. The third-order valence-corrected chi connectivity index (χ3v) is 6.11. The van der Waals surface area contributed by atoms with Gasteiger partial charge in [-0.25, -0.2) is 15.0 Å². The van der Waals surface area contributed by atoms with Gasteiger partial charge in [0.15, 0.2) is 0 Å². The number of amides is 2. The summed E-state index contributed by atoms with van der Waals surface area (Å²) in [7, 11) is 1.64. The molecule has 0 spiro atoms. The molecular weight excluding hydrogens is 404 g/mol. The molecule has 1 aromatic carbocycles. The molecule has 1 fully saturated rings. The number of pyridine rings is 1. The lowest BCUT2D eigenvalue weighted by atomic mass is 10.1. The third kappa shape index (κ3) is 3.28. The molecule has 32 heavy (non-hydrogen) atoms. The van der Waals surface area contributed by atoms with E-state index in [2.05, 4.69) is 26.3 Å². The van der Waals surface area contributed by atoms with Crippen molar-refractivity contribution < 1.29 is 9.59 Å². The Morgan fingerprint density at radius 2 is 2.00 bits per heavy atom. The number of carbonyl (C=O) groups is 2. The second kappa shape index (κ2) is 7.54. The highest BCUT2D eigenvalue weighted by Gasteiger charge is 2.52. The fraction of sp³-hybridized carbons (Fsp3) is 0.250. The lowest BCUT2D eigenvalue weighted by Gasteiger charge is -2.22. The highest BCUT2D eigenvalue weighted by Crippen LogP contribution is 2.54. The number of hydrogen-bond donors (Lipinski definition) is 1. The van der Waals surface area contributed by atoms with Crippen molar-refractivity contribution in [3.05, 3.63) is 71.3 Å². The molecule has 158 valence electrons. The fourth-order valence-electron chi connectivity index (χ4n) is 4.34. The van der Waals surface area contributed by atoms with Crippen molar-refractivity contribution in [1.82, 2.24) is 20.3 Å². The van der Waals surface area contributed by atoms with E-state index < -0.39 is 11.9 Å².